The van der Waals surface area contributed by atoms with Crippen LogP contribution >= 0.6 is 0 Å². The van der Waals surface area contributed by atoms with Gasteiger partial charge in [-0.2, -0.15) is 13.2 Å². The second-order valence-electron chi connectivity index (χ2n) is 4.14. The van der Waals surface area contributed by atoms with Gasteiger partial charge in [0, 0.05) is 6.08 Å². The quantitative estimate of drug-likeness (QED) is 0.549. The van der Waals surface area contributed by atoms with Crippen molar-refractivity contribution in [2.45, 2.75) is 26.9 Å². The maximum atomic E-state index is 11.7. The van der Waals surface area contributed by atoms with Gasteiger partial charge in [0.15, 0.2) is 0 Å². The Morgan fingerprint density at radius 2 is 1.67 bits per heavy atom. The van der Waals surface area contributed by atoms with Crippen LogP contribution in [-0.4, -0.2) is 17.8 Å². The van der Waals surface area contributed by atoms with Crippen LogP contribution in [0.2, 0.25) is 0 Å². The lowest BCUT2D eigenvalue weighted by Crippen LogP contribution is -2.01. The second kappa shape index (κ2) is 4.68. The Morgan fingerprint density at radius 3 is 1.87 bits per heavy atom. The number of carbonyl (C=O) groups is 1. The maximum Gasteiger partial charge on any atom is 0.409 e. The van der Waals surface area contributed by atoms with E-state index in [2.05, 4.69) is 0 Å². The molecule has 0 amide bonds. The molecule has 0 spiro atoms. The van der Waals surface area contributed by atoms with Gasteiger partial charge in [0.25, 0.3) is 6.47 Å². The first-order chi connectivity index (χ1) is 6.66. The molecule has 2 nitrogen and oxygen atoms in total. The lowest BCUT2D eigenvalue weighted by atomic mass is 10.1. The monoisotopic (exact) mass is 224 g/mol. The van der Waals surface area contributed by atoms with E-state index in [0.717, 1.165) is 0 Å². The number of allylic oxidation sites excluding steroid dienone is 2. The zero-order valence-electron chi connectivity index (χ0n) is 8.88. The first-order valence-corrected chi connectivity index (χ1v) is 4.50. The van der Waals surface area contributed by atoms with E-state index in [4.69, 9.17) is 9.90 Å². The van der Waals surface area contributed by atoms with E-state index in [1.54, 1.807) is 0 Å². The molecule has 0 heterocycles. The van der Waals surface area contributed by atoms with Crippen LogP contribution in [0.5, 0.6) is 0 Å². The molecular weight excluding hydrogens is 209 g/mol. The Bertz CT molecular complexity index is 244. The molecule has 0 saturated heterocycles. The van der Waals surface area contributed by atoms with E-state index in [9.17, 15) is 13.2 Å². The summed E-state index contributed by atoms with van der Waals surface area (Å²) in [6, 6.07) is 0. The number of rotatable bonds is 1. The molecule has 1 N–H and O–H groups in total. The summed E-state index contributed by atoms with van der Waals surface area (Å²) in [6.07, 6.45) is -2.52. The smallest absolute Gasteiger partial charge is 0.409 e. The van der Waals surface area contributed by atoms with E-state index in [1.165, 1.54) is 6.08 Å². The Labute approximate surface area is 86.8 Å². The van der Waals surface area contributed by atoms with Gasteiger partial charge in [-0.3, -0.25) is 4.79 Å². The molecule has 15 heavy (non-hydrogen) atoms. The predicted molar refractivity (Wildman–Crippen MR) is 50.3 cm³/mol. The van der Waals surface area contributed by atoms with Crippen LogP contribution in [0.15, 0.2) is 12.2 Å². The van der Waals surface area contributed by atoms with Crippen molar-refractivity contribution in [1.29, 1.82) is 0 Å². The first kappa shape index (κ1) is 14.0. The fourth-order valence-corrected chi connectivity index (χ4v) is 1.57. The molecule has 2 unspecified atom stereocenters. The lowest BCUT2D eigenvalue weighted by molar-refractivity contribution is -0.122. The highest BCUT2D eigenvalue weighted by Gasteiger charge is 2.52. The largest absolute Gasteiger partial charge is 0.483 e. The summed E-state index contributed by atoms with van der Waals surface area (Å²) in [4.78, 5) is 8.36. The maximum absolute atomic E-state index is 11.7. The minimum Gasteiger partial charge on any atom is -0.483 e. The number of hydrogen-bond donors (Lipinski definition) is 1. The molecule has 0 radical (unpaired) electrons. The van der Waals surface area contributed by atoms with Crippen LogP contribution in [0.3, 0.4) is 0 Å². The molecule has 0 aromatic carbocycles. The minimum atomic E-state index is -4.15. The third-order valence-electron chi connectivity index (χ3n) is 2.95. The van der Waals surface area contributed by atoms with E-state index in [0.29, 0.717) is 12.0 Å². The van der Waals surface area contributed by atoms with Crippen LogP contribution in [0.1, 0.15) is 20.8 Å². The van der Waals surface area contributed by atoms with E-state index in [1.807, 2.05) is 20.8 Å². The molecule has 1 saturated carbocycles. The average molecular weight is 224 g/mol. The Hall–Kier alpha value is -1.00. The molecule has 88 valence electrons. The lowest BCUT2D eigenvalue weighted by Gasteiger charge is -1.98. The second-order valence-corrected chi connectivity index (χ2v) is 4.14. The van der Waals surface area contributed by atoms with Crippen LogP contribution in [0, 0.1) is 17.3 Å². The third-order valence-corrected chi connectivity index (χ3v) is 2.95. The highest BCUT2D eigenvalue weighted by molar-refractivity contribution is 5.32. The fourth-order valence-electron chi connectivity index (χ4n) is 1.57. The standard InChI is InChI=1S/C9H13F3.CH2O2/c1-6-7(8(6,2)3)4-5-9(10,11)12;2-1-3/h4-7H,1-3H3;1H,(H,2,3)/b5-4-;. The molecule has 2 atom stereocenters. The molecule has 1 aliphatic rings. The summed E-state index contributed by atoms with van der Waals surface area (Å²) >= 11 is 0. The Morgan fingerprint density at radius 1 is 1.33 bits per heavy atom. The zero-order chi connectivity index (χ0) is 12.3. The zero-order valence-corrected chi connectivity index (χ0v) is 8.88. The highest BCUT2D eigenvalue weighted by Crippen LogP contribution is 2.58. The van der Waals surface area contributed by atoms with Crippen molar-refractivity contribution in [3.63, 3.8) is 0 Å². The number of alkyl halides is 3. The van der Waals surface area contributed by atoms with Gasteiger partial charge in [-0.05, 0) is 17.3 Å². The van der Waals surface area contributed by atoms with Crippen molar-refractivity contribution < 1.29 is 23.1 Å². The number of halogens is 3. The summed E-state index contributed by atoms with van der Waals surface area (Å²) < 4.78 is 35.2. The summed E-state index contributed by atoms with van der Waals surface area (Å²) in [6.45, 7) is 5.71. The van der Waals surface area contributed by atoms with Crippen molar-refractivity contribution in [3.05, 3.63) is 12.2 Å². The molecule has 0 bridgehead atoms. The van der Waals surface area contributed by atoms with Gasteiger partial charge in [0.05, 0.1) is 0 Å². The van der Waals surface area contributed by atoms with E-state index in [-0.39, 0.29) is 17.8 Å². The minimum absolute atomic E-state index is 0.0573. The van der Waals surface area contributed by atoms with Gasteiger partial charge >= 0.3 is 6.18 Å². The normalized spacial score (nSPS) is 28.1. The van der Waals surface area contributed by atoms with Crippen molar-refractivity contribution in [2.75, 3.05) is 0 Å². The van der Waals surface area contributed by atoms with Crippen LogP contribution < -0.4 is 0 Å². The van der Waals surface area contributed by atoms with Gasteiger partial charge in [-0.15, -0.1) is 0 Å². The van der Waals surface area contributed by atoms with Gasteiger partial charge in [-0.1, -0.05) is 26.8 Å². The van der Waals surface area contributed by atoms with Crippen molar-refractivity contribution in [1.82, 2.24) is 0 Å². The topological polar surface area (TPSA) is 37.3 Å². The highest BCUT2D eigenvalue weighted by atomic mass is 19.4. The van der Waals surface area contributed by atoms with Crippen molar-refractivity contribution >= 4 is 6.47 Å². The fraction of sp³-hybridized carbons (Fsp3) is 0.700. The van der Waals surface area contributed by atoms with Crippen LogP contribution in [-0.2, 0) is 4.79 Å². The van der Waals surface area contributed by atoms with Gasteiger partial charge in [-0.25, -0.2) is 0 Å². The van der Waals surface area contributed by atoms with Crippen molar-refractivity contribution in [2.24, 2.45) is 17.3 Å². The molecular formula is C10H15F3O2. The molecule has 1 fully saturated rings. The molecule has 0 aliphatic heterocycles. The predicted octanol–water partition coefficient (Wildman–Crippen LogP) is 3.10. The summed E-state index contributed by atoms with van der Waals surface area (Å²) in [5.74, 6) is 0.468. The van der Waals surface area contributed by atoms with E-state index < -0.39 is 6.18 Å². The van der Waals surface area contributed by atoms with Gasteiger partial charge < -0.3 is 5.11 Å². The number of carboxylic acid groups (broad SMARTS) is 1. The summed E-state index contributed by atoms with van der Waals surface area (Å²) in [5, 5.41) is 6.89. The summed E-state index contributed by atoms with van der Waals surface area (Å²) in [5.41, 5.74) is 0.0573. The molecule has 1 aliphatic carbocycles. The Kier molecular flexibility index (Phi) is 4.37. The van der Waals surface area contributed by atoms with Crippen LogP contribution in [0.4, 0.5) is 13.2 Å². The number of hydrogen-bond acceptors (Lipinski definition) is 1. The summed E-state index contributed by atoms with van der Waals surface area (Å²) in [7, 11) is 0. The Balaban J connectivity index is 0.000000583. The van der Waals surface area contributed by atoms with Crippen LogP contribution in [0.25, 0.3) is 0 Å². The molecule has 0 aromatic rings. The van der Waals surface area contributed by atoms with Crippen molar-refractivity contribution in [3.8, 4) is 0 Å². The van der Waals surface area contributed by atoms with Gasteiger partial charge in [0.2, 0.25) is 0 Å². The third kappa shape index (κ3) is 4.36. The first-order valence-electron chi connectivity index (χ1n) is 4.50. The molecule has 1 rings (SSSR count). The van der Waals surface area contributed by atoms with E-state index >= 15 is 0 Å². The molecule has 0 aromatic heterocycles. The average Bonchev–Trinajstić information content (AvgIpc) is 2.48. The van der Waals surface area contributed by atoms with Gasteiger partial charge in [0.1, 0.15) is 0 Å². The molecule has 5 heteroatoms. The SMILES string of the molecule is CC1C(/C=C\C(F)(F)F)C1(C)C.O=CO.